The molecule has 1 heterocycles. The maximum Gasteiger partial charge on any atom is 0.0701 e. The first kappa shape index (κ1) is 3.96. The molecule has 0 aromatic heterocycles. The zero-order valence-electron chi connectivity index (χ0n) is 1.82. The van der Waals surface area contributed by atoms with E-state index in [2.05, 4.69) is 4.74 Å². The monoisotopic (exact) mass is 60.1 g/mol. The van der Waals surface area contributed by atoms with Gasteiger partial charge in [-0.3, -0.25) is 0 Å². The van der Waals surface area contributed by atoms with E-state index in [1.807, 2.05) is 0 Å². The highest BCUT2D eigenvalue weighted by Gasteiger charge is 1.94. The standard InChI is InChI=1S/C2H4O.CH4/c1-2-3-1;/h1-2H2;1H4. The summed E-state index contributed by atoms with van der Waals surface area (Å²) in [6.07, 6.45) is 0. The van der Waals surface area contributed by atoms with Gasteiger partial charge >= 0.3 is 0 Å². The van der Waals surface area contributed by atoms with Crippen LogP contribution in [0.1, 0.15) is 7.43 Å². The molecule has 1 rings (SSSR count). The quantitative estimate of drug-likeness (QED) is 0.374. The fourth-order valence-electron chi connectivity index (χ4n) is 0. The Morgan fingerprint density at radius 2 is 1.50 bits per heavy atom. The van der Waals surface area contributed by atoms with Crippen molar-refractivity contribution in [3.63, 3.8) is 0 Å². The van der Waals surface area contributed by atoms with Gasteiger partial charge in [0.15, 0.2) is 0 Å². The summed E-state index contributed by atoms with van der Waals surface area (Å²) in [4.78, 5) is 0. The van der Waals surface area contributed by atoms with E-state index in [0.717, 1.165) is 13.2 Å². The van der Waals surface area contributed by atoms with Crippen LogP contribution < -0.4 is 0 Å². The van der Waals surface area contributed by atoms with E-state index in [4.69, 9.17) is 0 Å². The zero-order valence-corrected chi connectivity index (χ0v) is 1.82. The first-order valence-electron chi connectivity index (χ1n) is 1.08. The summed E-state index contributed by atoms with van der Waals surface area (Å²) in [6, 6.07) is 0. The lowest BCUT2D eigenvalue weighted by Crippen LogP contribution is -1.20. The predicted molar refractivity (Wildman–Crippen MR) is 17.6 cm³/mol. The molecule has 0 bridgehead atoms. The Morgan fingerprint density at radius 1 is 1.25 bits per heavy atom. The lowest BCUT2D eigenvalue weighted by atomic mass is 11.0. The summed E-state index contributed by atoms with van der Waals surface area (Å²) in [5, 5.41) is 0. The van der Waals surface area contributed by atoms with E-state index in [9.17, 15) is 0 Å². The van der Waals surface area contributed by atoms with Crippen LogP contribution in [0.4, 0.5) is 0 Å². The first-order chi connectivity index (χ1) is 1.50. The average molecular weight is 60.1 g/mol. The summed E-state index contributed by atoms with van der Waals surface area (Å²) in [6.45, 7) is 2.00. The largest absolute Gasteiger partial charge is 0.377 e. The number of hydrogen-bond donors (Lipinski definition) is 0. The van der Waals surface area contributed by atoms with Crippen molar-refractivity contribution in [2.24, 2.45) is 0 Å². The van der Waals surface area contributed by atoms with Gasteiger partial charge in [-0.2, -0.15) is 0 Å². The van der Waals surface area contributed by atoms with Crippen molar-refractivity contribution in [1.82, 2.24) is 0 Å². The molecule has 0 aromatic rings. The van der Waals surface area contributed by atoms with Crippen LogP contribution in [0.15, 0.2) is 0 Å². The summed E-state index contributed by atoms with van der Waals surface area (Å²) in [5.41, 5.74) is 0. The van der Waals surface area contributed by atoms with Crippen LogP contribution in [-0.4, -0.2) is 13.2 Å². The molecule has 0 aromatic carbocycles. The topological polar surface area (TPSA) is 12.5 Å². The Hall–Kier alpha value is -0.0400. The number of epoxide rings is 1. The highest BCUT2D eigenvalue weighted by molar-refractivity contribution is 4.36. The molecule has 0 aliphatic carbocycles. The minimum atomic E-state index is 0. The Kier molecular flexibility index (Phi) is 1.28. The fourth-order valence-corrected chi connectivity index (χ4v) is 0. The van der Waals surface area contributed by atoms with Gasteiger partial charge in [0.2, 0.25) is 0 Å². The molecule has 1 fully saturated rings. The van der Waals surface area contributed by atoms with Crippen LogP contribution in [0.5, 0.6) is 0 Å². The molecule has 0 radical (unpaired) electrons. The third kappa shape index (κ3) is 1.96. The fraction of sp³-hybridized carbons (Fsp3) is 1.00. The molecule has 0 atom stereocenters. The van der Waals surface area contributed by atoms with Gasteiger partial charge in [0.25, 0.3) is 0 Å². The van der Waals surface area contributed by atoms with Crippen molar-refractivity contribution in [2.75, 3.05) is 13.2 Å². The normalized spacial score (nSPS) is 18.0. The second-order valence-corrected chi connectivity index (χ2v) is 0.612. The van der Waals surface area contributed by atoms with E-state index < -0.39 is 0 Å². The SMILES string of the molecule is C.C1CO1. The molecule has 0 amide bonds. The average Bonchev–Trinajstić information content (AvgIpc) is 1.46. The molecule has 1 saturated heterocycles. The maximum atomic E-state index is 4.50. The van der Waals surface area contributed by atoms with Crippen molar-refractivity contribution in [2.45, 2.75) is 7.43 Å². The molecule has 4 heavy (non-hydrogen) atoms. The van der Waals surface area contributed by atoms with Gasteiger partial charge in [-0.1, -0.05) is 7.43 Å². The van der Waals surface area contributed by atoms with Crippen LogP contribution >= 0.6 is 0 Å². The maximum absolute atomic E-state index is 4.50. The Bertz CT molecular complexity index is 8.00. The summed E-state index contributed by atoms with van der Waals surface area (Å²) in [5.74, 6) is 0. The summed E-state index contributed by atoms with van der Waals surface area (Å²) in [7, 11) is 0. The van der Waals surface area contributed by atoms with Crippen molar-refractivity contribution in [3.8, 4) is 0 Å². The van der Waals surface area contributed by atoms with Gasteiger partial charge in [0.1, 0.15) is 0 Å². The molecule has 0 spiro atoms. The zero-order chi connectivity index (χ0) is 2.12. The Morgan fingerprint density at radius 3 is 1.50 bits per heavy atom. The second-order valence-electron chi connectivity index (χ2n) is 0.612. The van der Waals surface area contributed by atoms with Gasteiger partial charge in [-0.25, -0.2) is 0 Å². The highest BCUT2D eigenvalue weighted by atomic mass is 16.6. The van der Waals surface area contributed by atoms with Crippen LogP contribution in [0.25, 0.3) is 0 Å². The van der Waals surface area contributed by atoms with Gasteiger partial charge in [0.05, 0.1) is 13.2 Å². The smallest absolute Gasteiger partial charge is 0.0701 e. The van der Waals surface area contributed by atoms with E-state index >= 15 is 0 Å². The molecule has 0 saturated carbocycles. The second kappa shape index (κ2) is 1.30. The van der Waals surface area contributed by atoms with Gasteiger partial charge in [-0.05, 0) is 0 Å². The van der Waals surface area contributed by atoms with Gasteiger partial charge < -0.3 is 4.74 Å². The lowest BCUT2D eigenvalue weighted by Gasteiger charge is -1.24. The molecule has 1 aliphatic heterocycles. The van der Waals surface area contributed by atoms with E-state index in [1.54, 1.807) is 0 Å². The lowest BCUT2D eigenvalue weighted by molar-refractivity contribution is 0.475. The molecule has 1 heteroatoms. The molecule has 26 valence electrons. The summed E-state index contributed by atoms with van der Waals surface area (Å²) >= 11 is 0. The van der Waals surface area contributed by atoms with E-state index in [0.29, 0.717) is 0 Å². The molecular weight excluding hydrogens is 52.0 g/mol. The Balaban J connectivity index is 0.0000000900. The molecule has 1 nitrogen and oxygen atoms in total. The number of rotatable bonds is 0. The molecule has 1 aliphatic rings. The highest BCUT2D eigenvalue weighted by Crippen LogP contribution is 1.84. The number of ether oxygens (including phenoxy) is 1. The van der Waals surface area contributed by atoms with Crippen LogP contribution in [0, 0.1) is 0 Å². The van der Waals surface area contributed by atoms with Gasteiger partial charge in [0, 0.05) is 0 Å². The third-order valence-corrected chi connectivity index (χ3v) is 0.204. The predicted octanol–water partition coefficient (Wildman–Crippen LogP) is 0.653. The van der Waals surface area contributed by atoms with Crippen LogP contribution in [0.3, 0.4) is 0 Å². The van der Waals surface area contributed by atoms with Crippen molar-refractivity contribution in [3.05, 3.63) is 0 Å². The van der Waals surface area contributed by atoms with Crippen LogP contribution in [0.2, 0.25) is 0 Å². The molecule has 0 unspecified atom stereocenters. The first-order valence-corrected chi connectivity index (χ1v) is 1.08. The third-order valence-electron chi connectivity index (χ3n) is 0.204. The Labute approximate surface area is 26.6 Å². The van der Waals surface area contributed by atoms with Crippen molar-refractivity contribution in [1.29, 1.82) is 0 Å². The minimum absolute atomic E-state index is 0. The molecule has 0 N–H and O–H groups in total. The summed E-state index contributed by atoms with van der Waals surface area (Å²) < 4.78 is 4.50. The van der Waals surface area contributed by atoms with E-state index in [-0.39, 0.29) is 7.43 Å². The van der Waals surface area contributed by atoms with Crippen molar-refractivity contribution >= 4 is 0 Å². The minimum Gasteiger partial charge on any atom is -0.377 e. The molecular formula is C3H8O. The number of hydrogen-bond acceptors (Lipinski definition) is 1. The van der Waals surface area contributed by atoms with E-state index in [1.165, 1.54) is 0 Å². The van der Waals surface area contributed by atoms with Crippen LogP contribution in [-0.2, 0) is 4.74 Å². The van der Waals surface area contributed by atoms with Gasteiger partial charge in [-0.15, -0.1) is 0 Å². The van der Waals surface area contributed by atoms with Crippen molar-refractivity contribution < 1.29 is 4.74 Å².